The SMILES string of the molecule is Cc1cc(Br)cc(C(O)c2ccc(Cl)c(Cl)c2)c1. The second-order valence-corrected chi connectivity index (χ2v) is 5.87. The molecule has 2 rings (SSSR count). The summed E-state index contributed by atoms with van der Waals surface area (Å²) in [6, 6.07) is 11.0. The van der Waals surface area contributed by atoms with Gasteiger partial charge in [-0.25, -0.2) is 0 Å². The lowest BCUT2D eigenvalue weighted by molar-refractivity contribution is 0.220. The van der Waals surface area contributed by atoms with Crippen molar-refractivity contribution in [2.45, 2.75) is 13.0 Å². The van der Waals surface area contributed by atoms with Gasteiger partial charge in [0.1, 0.15) is 6.10 Å². The molecule has 94 valence electrons. The van der Waals surface area contributed by atoms with Crippen molar-refractivity contribution in [3.63, 3.8) is 0 Å². The Morgan fingerprint density at radius 3 is 2.33 bits per heavy atom. The van der Waals surface area contributed by atoms with Crippen molar-refractivity contribution in [1.82, 2.24) is 0 Å². The van der Waals surface area contributed by atoms with E-state index in [4.69, 9.17) is 23.2 Å². The lowest BCUT2D eigenvalue weighted by Gasteiger charge is -2.13. The summed E-state index contributed by atoms with van der Waals surface area (Å²) in [6.07, 6.45) is -0.712. The highest BCUT2D eigenvalue weighted by Gasteiger charge is 2.12. The highest BCUT2D eigenvalue weighted by molar-refractivity contribution is 9.10. The average molecular weight is 346 g/mol. The van der Waals surface area contributed by atoms with Crippen LogP contribution in [-0.4, -0.2) is 5.11 Å². The highest BCUT2D eigenvalue weighted by atomic mass is 79.9. The molecule has 18 heavy (non-hydrogen) atoms. The molecule has 0 radical (unpaired) electrons. The Morgan fingerprint density at radius 1 is 1.00 bits per heavy atom. The lowest BCUT2D eigenvalue weighted by Crippen LogP contribution is -2.00. The number of hydrogen-bond donors (Lipinski definition) is 1. The third-order valence-electron chi connectivity index (χ3n) is 2.64. The van der Waals surface area contributed by atoms with Gasteiger partial charge in [0.15, 0.2) is 0 Å². The molecule has 0 bridgehead atoms. The van der Waals surface area contributed by atoms with E-state index in [2.05, 4.69) is 15.9 Å². The fraction of sp³-hybridized carbons (Fsp3) is 0.143. The van der Waals surface area contributed by atoms with Gasteiger partial charge in [0.2, 0.25) is 0 Å². The van der Waals surface area contributed by atoms with E-state index in [9.17, 15) is 5.11 Å². The highest BCUT2D eigenvalue weighted by Crippen LogP contribution is 2.30. The standard InChI is InChI=1S/C14H11BrCl2O/c1-8-4-10(6-11(15)5-8)14(18)9-2-3-12(16)13(17)7-9/h2-7,14,18H,1H3. The van der Waals surface area contributed by atoms with Crippen LogP contribution in [0.5, 0.6) is 0 Å². The Labute approximate surface area is 124 Å². The summed E-state index contributed by atoms with van der Waals surface area (Å²) in [5.74, 6) is 0. The van der Waals surface area contributed by atoms with Crippen LogP contribution >= 0.6 is 39.1 Å². The zero-order valence-corrected chi connectivity index (χ0v) is 12.7. The van der Waals surface area contributed by atoms with Crippen LogP contribution in [0.2, 0.25) is 10.0 Å². The lowest BCUT2D eigenvalue weighted by atomic mass is 10.0. The monoisotopic (exact) mass is 344 g/mol. The fourth-order valence-electron chi connectivity index (χ4n) is 1.80. The van der Waals surface area contributed by atoms with E-state index < -0.39 is 6.10 Å². The molecular formula is C14H11BrCl2O. The molecule has 4 heteroatoms. The molecule has 0 saturated carbocycles. The van der Waals surface area contributed by atoms with Gasteiger partial charge in [-0.15, -0.1) is 0 Å². The number of hydrogen-bond acceptors (Lipinski definition) is 1. The Hall–Kier alpha value is -0.540. The first kappa shape index (κ1) is 13.9. The van der Waals surface area contributed by atoms with E-state index in [1.165, 1.54) is 0 Å². The molecule has 2 aromatic rings. The minimum absolute atomic E-state index is 0.444. The Morgan fingerprint density at radius 2 is 1.72 bits per heavy atom. The summed E-state index contributed by atoms with van der Waals surface area (Å²) < 4.78 is 0.941. The largest absolute Gasteiger partial charge is 0.384 e. The zero-order chi connectivity index (χ0) is 13.3. The average Bonchev–Trinajstić information content (AvgIpc) is 2.30. The summed E-state index contributed by atoms with van der Waals surface area (Å²) >= 11 is 15.2. The van der Waals surface area contributed by atoms with Crippen molar-refractivity contribution < 1.29 is 5.11 Å². The molecule has 0 aliphatic heterocycles. The Balaban J connectivity index is 2.40. The second kappa shape index (κ2) is 5.62. The molecule has 0 aromatic heterocycles. The molecule has 0 heterocycles. The third kappa shape index (κ3) is 3.07. The van der Waals surface area contributed by atoms with Crippen LogP contribution in [-0.2, 0) is 0 Å². The van der Waals surface area contributed by atoms with Crippen molar-refractivity contribution >= 4 is 39.1 Å². The number of aliphatic hydroxyl groups is 1. The van der Waals surface area contributed by atoms with Crippen LogP contribution < -0.4 is 0 Å². The number of benzene rings is 2. The van der Waals surface area contributed by atoms with Gasteiger partial charge >= 0.3 is 0 Å². The summed E-state index contributed by atoms with van der Waals surface area (Å²) in [4.78, 5) is 0. The van der Waals surface area contributed by atoms with E-state index in [1.54, 1.807) is 18.2 Å². The van der Waals surface area contributed by atoms with E-state index in [-0.39, 0.29) is 0 Å². The zero-order valence-electron chi connectivity index (χ0n) is 9.62. The summed E-state index contributed by atoms with van der Waals surface area (Å²) in [5, 5.41) is 11.3. The first-order valence-corrected chi connectivity index (χ1v) is 6.92. The van der Waals surface area contributed by atoms with Gasteiger partial charge in [-0.2, -0.15) is 0 Å². The first-order valence-electron chi connectivity index (χ1n) is 5.37. The van der Waals surface area contributed by atoms with Gasteiger partial charge in [0, 0.05) is 4.47 Å². The van der Waals surface area contributed by atoms with E-state index in [1.807, 2.05) is 25.1 Å². The summed E-state index contributed by atoms with van der Waals surface area (Å²) in [6.45, 7) is 1.98. The molecule has 0 spiro atoms. The van der Waals surface area contributed by atoms with Crippen LogP contribution in [0.3, 0.4) is 0 Å². The smallest absolute Gasteiger partial charge is 0.104 e. The second-order valence-electron chi connectivity index (χ2n) is 4.14. The van der Waals surface area contributed by atoms with Gasteiger partial charge in [-0.1, -0.05) is 51.3 Å². The van der Waals surface area contributed by atoms with Gasteiger partial charge in [0.05, 0.1) is 10.0 Å². The van der Waals surface area contributed by atoms with Gasteiger partial charge in [-0.05, 0) is 47.9 Å². The maximum absolute atomic E-state index is 10.3. The number of rotatable bonds is 2. The van der Waals surface area contributed by atoms with Crippen molar-refractivity contribution in [2.75, 3.05) is 0 Å². The van der Waals surface area contributed by atoms with Crippen molar-refractivity contribution in [3.8, 4) is 0 Å². The molecule has 1 unspecified atom stereocenters. The minimum atomic E-state index is -0.712. The Kier molecular flexibility index (Phi) is 4.33. The predicted molar refractivity (Wildman–Crippen MR) is 79.4 cm³/mol. The quantitative estimate of drug-likeness (QED) is 0.798. The molecule has 0 aliphatic rings. The Bertz CT molecular complexity index is 564. The van der Waals surface area contributed by atoms with Crippen LogP contribution in [0, 0.1) is 6.92 Å². The molecular weight excluding hydrogens is 335 g/mol. The predicted octanol–water partition coefficient (Wildman–Crippen LogP) is 5.15. The maximum atomic E-state index is 10.3. The first-order chi connectivity index (χ1) is 8.47. The third-order valence-corrected chi connectivity index (χ3v) is 3.84. The van der Waals surface area contributed by atoms with E-state index >= 15 is 0 Å². The number of halogens is 3. The number of aryl methyl sites for hydroxylation is 1. The summed E-state index contributed by atoms with van der Waals surface area (Å²) in [5.41, 5.74) is 2.63. The number of aliphatic hydroxyl groups excluding tert-OH is 1. The van der Waals surface area contributed by atoms with Crippen molar-refractivity contribution in [3.05, 3.63) is 67.6 Å². The molecule has 0 aliphatic carbocycles. The molecule has 0 saturated heterocycles. The van der Waals surface area contributed by atoms with E-state index in [0.29, 0.717) is 10.0 Å². The molecule has 0 amide bonds. The van der Waals surface area contributed by atoms with Crippen molar-refractivity contribution in [2.24, 2.45) is 0 Å². The van der Waals surface area contributed by atoms with Gasteiger partial charge in [0.25, 0.3) is 0 Å². The van der Waals surface area contributed by atoms with Crippen LogP contribution in [0.25, 0.3) is 0 Å². The fourth-order valence-corrected chi connectivity index (χ4v) is 2.73. The van der Waals surface area contributed by atoms with Crippen LogP contribution in [0.1, 0.15) is 22.8 Å². The minimum Gasteiger partial charge on any atom is -0.384 e. The molecule has 1 N–H and O–H groups in total. The van der Waals surface area contributed by atoms with Crippen LogP contribution in [0.15, 0.2) is 40.9 Å². The van der Waals surface area contributed by atoms with Gasteiger partial charge < -0.3 is 5.11 Å². The molecule has 1 nitrogen and oxygen atoms in total. The topological polar surface area (TPSA) is 20.2 Å². The van der Waals surface area contributed by atoms with Gasteiger partial charge in [-0.3, -0.25) is 0 Å². The maximum Gasteiger partial charge on any atom is 0.104 e. The normalized spacial score (nSPS) is 12.5. The molecule has 0 fully saturated rings. The van der Waals surface area contributed by atoms with Crippen molar-refractivity contribution in [1.29, 1.82) is 0 Å². The van der Waals surface area contributed by atoms with E-state index in [0.717, 1.165) is 21.2 Å². The summed E-state index contributed by atoms with van der Waals surface area (Å²) in [7, 11) is 0. The molecule has 2 aromatic carbocycles. The van der Waals surface area contributed by atoms with Crippen LogP contribution in [0.4, 0.5) is 0 Å². The molecule has 1 atom stereocenters.